The molecule has 0 aliphatic carbocycles. The Morgan fingerprint density at radius 2 is 1.48 bits per heavy atom. The van der Waals surface area contributed by atoms with Crippen molar-refractivity contribution in [2.75, 3.05) is 13.7 Å². The lowest BCUT2D eigenvalue weighted by molar-refractivity contribution is 0.0696. The number of aromatic carboxylic acids is 2. The summed E-state index contributed by atoms with van der Waals surface area (Å²) in [6.07, 6.45) is 1.10. The van der Waals surface area contributed by atoms with E-state index in [0.29, 0.717) is 0 Å². The van der Waals surface area contributed by atoms with Crippen molar-refractivity contribution in [3.63, 3.8) is 0 Å². The van der Waals surface area contributed by atoms with E-state index < -0.39 is 22.3 Å². The van der Waals surface area contributed by atoms with Crippen molar-refractivity contribution in [1.29, 1.82) is 0 Å². The smallest absolute Gasteiger partial charge is 0.397 e. The Hall–Kier alpha value is -2.01. The third-order valence-electron chi connectivity index (χ3n) is 2.29. The Bertz CT molecular complexity index is 578. The molecule has 9 nitrogen and oxygen atoms in total. The molecule has 1 aromatic rings. The van der Waals surface area contributed by atoms with Crippen molar-refractivity contribution in [2.24, 2.45) is 5.73 Å². The van der Waals surface area contributed by atoms with Gasteiger partial charge < -0.3 is 15.9 Å². The Morgan fingerprint density at radius 1 is 1.17 bits per heavy atom. The third-order valence-corrected chi connectivity index (χ3v) is 2.72. The molecule has 0 unspecified atom stereocenters. The number of carbonyl (C=O) groups is 2. The molecule has 0 aromatic heterocycles. The number of nitrogens with two attached hydrogens (primary N) is 1. The van der Waals surface area contributed by atoms with Crippen LogP contribution in [-0.4, -0.2) is 48.8 Å². The molecule has 0 amide bonds. The number of hydrogen-bond acceptors (Lipinski definition) is 6. The van der Waals surface area contributed by atoms with Crippen LogP contribution in [0.1, 0.15) is 39.6 Å². The van der Waals surface area contributed by atoms with Gasteiger partial charge in [-0.15, -0.1) is 0 Å². The fraction of sp³-hybridized carbons (Fsp3) is 0.385. The topological polar surface area (TPSA) is 164 Å². The highest BCUT2D eigenvalue weighted by atomic mass is 32.3. The molecule has 1 aromatic carbocycles. The normalized spacial score (nSPS) is 9.78. The summed E-state index contributed by atoms with van der Waals surface area (Å²) in [5.74, 6) is -2.22. The Kier molecular flexibility index (Phi) is 11.7. The molecule has 0 spiro atoms. The summed E-state index contributed by atoms with van der Waals surface area (Å²) in [6.45, 7) is 4.35. The molecule has 0 saturated heterocycles. The fourth-order valence-electron chi connectivity index (χ4n) is 1.10. The van der Waals surface area contributed by atoms with E-state index in [-0.39, 0.29) is 16.7 Å². The van der Waals surface area contributed by atoms with Gasteiger partial charge in [-0.05, 0) is 37.6 Å². The molecule has 0 heterocycles. The van der Waals surface area contributed by atoms with Gasteiger partial charge in [0, 0.05) is 0 Å². The highest BCUT2D eigenvalue weighted by Gasteiger charge is 2.13. The summed E-state index contributed by atoms with van der Waals surface area (Å²) in [7, 11) is -3.29. The minimum atomic E-state index is -4.16. The molecule has 132 valence electrons. The van der Waals surface area contributed by atoms with E-state index in [9.17, 15) is 18.0 Å². The van der Waals surface area contributed by atoms with Gasteiger partial charge in [0.1, 0.15) is 0 Å². The van der Waals surface area contributed by atoms with Gasteiger partial charge in [-0.25, -0.2) is 9.59 Å². The molecular weight excluding hydrogens is 330 g/mol. The van der Waals surface area contributed by atoms with Crippen LogP contribution in [0.15, 0.2) is 18.2 Å². The molecule has 1 rings (SSSR count). The SMILES string of the molecule is CCCN.COS(=O)(=O)O.Cc1c(C(=O)O)cccc1C(=O)O. The highest BCUT2D eigenvalue weighted by molar-refractivity contribution is 7.80. The van der Waals surface area contributed by atoms with Crippen molar-refractivity contribution >= 4 is 22.3 Å². The lowest BCUT2D eigenvalue weighted by atomic mass is 10.0. The molecule has 0 saturated carbocycles. The van der Waals surface area contributed by atoms with Crippen LogP contribution < -0.4 is 5.73 Å². The Labute approximate surface area is 134 Å². The van der Waals surface area contributed by atoms with Gasteiger partial charge in [0.15, 0.2) is 0 Å². The Balaban J connectivity index is 0. The van der Waals surface area contributed by atoms with Gasteiger partial charge in [-0.3, -0.25) is 8.74 Å². The second-order valence-corrected chi connectivity index (χ2v) is 5.16. The second kappa shape index (κ2) is 11.5. The van der Waals surface area contributed by atoms with Crippen molar-refractivity contribution < 1.29 is 37.0 Å². The zero-order valence-electron chi connectivity index (χ0n) is 13.0. The average Bonchev–Trinajstić information content (AvgIpc) is 2.47. The van der Waals surface area contributed by atoms with Crippen LogP contribution in [0.3, 0.4) is 0 Å². The maximum Gasteiger partial charge on any atom is 0.397 e. The van der Waals surface area contributed by atoms with Crippen molar-refractivity contribution in [2.45, 2.75) is 20.3 Å². The van der Waals surface area contributed by atoms with Crippen LogP contribution >= 0.6 is 0 Å². The van der Waals surface area contributed by atoms with E-state index in [1.807, 2.05) is 0 Å². The van der Waals surface area contributed by atoms with E-state index in [2.05, 4.69) is 11.1 Å². The predicted molar refractivity (Wildman–Crippen MR) is 83.0 cm³/mol. The predicted octanol–water partition coefficient (Wildman–Crippen LogP) is 1.18. The van der Waals surface area contributed by atoms with Crippen molar-refractivity contribution in [3.8, 4) is 0 Å². The minimum Gasteiger partial charge on any atom is -0.478 e. The molecule has 0 aliphatic rings. The summed E-state index contributed by atoms with van der Waals surface area (Å²) < 4.78 is 29.7. The standard InChI is InChI=1S/C9H8O4.C3H9N.CH4O4S/c1-5-6(8(10)11)3-2-4-7(5)9(12)13;1-2-3-4;1-5-6(2,3)4/h2-4H,1H3,(H,10,11)(H,12,13);2-4H2,1H3;1H3,(H,2,3,4). The third kappa shape index (κ3) is 11.2. The number of hydrogen-bond donors (Lipinski definition) is 4. The Morgan fingerprint density at radius 3 is 1.65 bits per heavy atom. The van der Waals surface area contributed by atoms with E-state index in [4.69, 9.17) is 20.5 Å². The van der Waals surface area contributed by atoms with Gasteiger partial charge >= 0.3 is 22.3 Å². The molecule has 0 atom stereocenters. The first kappa shape index (κ1) is 23.3. The van der Waals surface area contributed by atoms with E-state index in [0.717, 1.165) is 20.1 Å². The van der Waals surface area contributed by atoms with Gasteiger partial charge in [0.05, 0.1) is 18.2 Å². The monoisotopic (exact) mass is 351 g/mol. The summed E-state index contributed by atoms with van der Waals surface area (Å²) in [6, 6.07) is 4.17. The first-order valence-corrected chi connectivity index (χ1v) is 7.67. The molecule has 0 bridgehead atoms. The molecular formula is C13H21NO8S. The van der Waals surface area contributed by atoms with Gasteiger partial charge in [0.2, 0.25) is 0 Å². The minimum absolute atomic E-state index is 0.0277. The lowest BCUT2D eigenvalue weighted by Gasteiger charge is -2.03. The molecule has 0 aliphatic heterocycles. The molecule has 0 fully saturated rings. The summed E-state index contributed by atoms with van der Waals surface area (Å²) >= 11 is 0. The molecule has 5 N–H and O–H groups in total. The maximum absolute atomic E-state index is 10.6. The molecule has 0 radical (unpaired) electrons. The molecule has 23 heavy (non-hydrogen) atoms. The van der Waals surface area contributed by atoms with E-state index in [1.165, 1.54) is 25.1 Å². The van der Waals surface area contributed by atoms with Crippen LogP contribution in [-0.2, 0) is 14.6 Å². The summed E-state index contributed by atoms with van der Waals surface area (Å²) in [4.78, 5) is 21.2. The van der Waals surface area contributed by atoms with Gasteiger partial charge in [-0.2, -0.15) is 8.42 Å². The van der Waals surface area contributed by atoms with Crippen LogP contribution in [0.5, 0.6) is 0 Å². The van der Waals surface area contributed by atoms with Crippen LogP contribution in [0.2, 0.25) is 0 Å². The molecule has 10 heteroatoms. The van der Waals surface area contributed by atoms with Crippen LogP contribution in [0.4, 0.5) is 0 Å². The van der Waals surface area contributed by atoms with Crippen molar-refractivity contribution in [3.05, 3.63) is 34.9 Å². The number of carboxylic acid groups (broad SMARTS) is 2. The second-order valence-electron chi connectivity index (χ2n) is 3.97. The maximum atomic E-state index is 10.6. The first-order chi connectivity index (χ1) is 10.5. The summed E-state index contributed by atoms with van der Waals surface area (Å²) in [5, 5.41) is 17.4. The highest BCUT2D eigenvalue weighted by Crippen LogP contribution is 2.13. The van der Waals surface area contributed by atoms with E-state index >= 15 is 0 Å². The largest absolute Gasteiger partial charge is 0.478 e. The number of rotatable bonds is 4. The average molecular weight is 351 g/mol. The first-order valence-electron chi connectivity index (χ1n) is 6.31. The van der Waals surface area contributed by atoms with Gasteiger partial charge in [-0.1, -0.05) is 13.0 Å². The van der Waals surface area contributed by atoms with Crippen LogP contribution in [0, 0.1) is 6.92 Å². The number of benzene rings is 1. The fourth-order valence-corrected chi connectivity index (χ4v) is 1.10. The number of carboxylic acids is 2. The lowest BCUT2D eigenvalue weighted by Crippen LogP contribution is -2.06. The van der Waals surface area contributed by atoms with Crippen molar-refractivity contribution in [1.82, 2.24) is 0 Å². The zero-order valence-corrected chi connectivity index (χ0v) is 13.8. The zero-order chi connectivity index (χ0) is 18.6. The van der Waals surface area contributed by atoms with Crippen LogP contribution in [0.25, 0.3) is 0 Å². The summed E-state index contributed by atoms with van der Waals surface area (Å²) in [5.41, 5.74) is 5.36. The van der Waals surface area contributed by atoms with E-state index in [1.54, 1.807) is 0 Å². The quantitative estimate of drug-likeness (QED) is 0.583. The van der Waals surface area contributed by atoms with Gasteiger partial charge in [0.25, 0.3) is 0 Å².